The lowest BCUT2D eigenvalue weighted by atomic mass is 9.78. The van der Waals surface area contributed by atoms with Gasteiger partial charge in [-0.15, -0.1) is 0 Å². The summed E-state index contributed by atoms with van der Waals surface area (Å²) in [5, 5.41) is 19.3. The Kier molecular flexibility index (Phi) is 4.17. The summed E-state index contributed by atoms with van der Waals surface area (Å²) in [7, 11) is 0. The lowest BCUT2D eigenvalue weighted by Gasteiger charge is -2.46. The maximum Gasteiger partial charge on any atom is 0.0992 e. The van der Waals surface area contributed by atoms with E-state index < -0.39 is 6.10 Å². The molecule has 2 unspecified atom stereocenters. The molecule has 3 atom stereocenters. The average molecular weight is 284 g/mol. The van der Waals surface area contributed by atoms with E-state index in [-0.39, 0.29) is 0 Å². The third kappa shape index (κ3) is 2.78. The van der Waals surface area contributed by atoms with Gasteiger partial charge in [0.25, 0.3) is 0 Å². The zero-order valence-electron chi connectivity index (χ0n) is 12.8. The van der Waals surface area contributed by atoms with Gasteiger partial charge >= 0.3 is 0 Å². The highest BCUT2D eigenvalue weighted by molar-refractivity contribution is 5.59. The van der Waals surface area contributed by atoms with Gasteiger partial charge in [-0.3, -0.25) is 0 Å². The number of nitrogens with zero attached hydrogens (tertiary/aromatic N) is 2. The van der Waals surface area contributed by atoms with Gasteiger partial charge in [0.2, 0.25) is 0 Å². The number of benzene rings is 1. The lowest BCUT2D eigenvalue weighted by molar-refractivity contribution is 0.197. The second-order valence-corrected chi connectivity index (χ2v) is 6.51. The van der Waals surface area contributed by atoms with Crippen molar-refractivity contribution in [2.75, 3.05) is 11.4 Å². The van der Waals surface area contributed by atoms with Crippen molar-refractivity contribution in [2.45, 2.75) is 57.6 Å². The van der Waals surface area contributed by atoms with Crippen molar-refractivity contribution in [1.82, 2.24) is 0 Å². The Balaban J connectivity index is 1.99. The molecule has 1 saturated carbocycles. The molecule has 2 fully saturated rings. The standard InChI is InChI=1S/C18H24N2O/c1-13(21)16-9-8-14(12-19)11-18(16)20-10-4-6-15-5-2-3-7-17(15)20/h8-9,11,13,15,17,21H,2-7,10H2,1H3/t13-,15?,17?/m1/s1. The highest BCUT2D eigenvalue weighted by Gasteiger charge is 2.34. The molecule has 2 aliphatic rings. The normalized spacial score (nSPS) is 26.8. The number of fused-ring (bicyclic) bond motifs is 1. The zero-order chi connectivity index (χ0) is 14.8. The fourth-order valence-electron chi connectivity index (χ4n) is 4.14. The van der Waals surface area contributed by atoms with Gasteiger partial charge in [-0.1, -0.05) is 18.9 Å². The molecule has 1 aromatic rings. The number of hydrogen-bond donors (Lipinski definition) is 1. The van der Waals surface area contributed by atoms with Crippen LogP contribution < -0.4 is 4.90 Å². The van der Waals surface area contributed by atoms with Crippen molar-refractivity contribution < 1.29 is 5.11 Å². The van der Waals surface area contributed by atoms with E-state index in [1.54, 1.807) is 0 Å². The van der Waals surface area contributed by atoms with Gasteiger partial charge in [-0.2, -0.15) is 5.26 Å². The smallest absolute Gasteiger partial charge is 0.0992 e. The van der Waals surface area contributed by atoms with E-state index in [4.69, 9.17) is 0 Å². The second kappa shape index (κ2) is 6.07. The van der Waals surface area contributed by atoms with Crippen molar-refractivity contribution >= 4 is 5.69 Å². The van der Waals surface area contributed by atoms with E-state index in [0.717, 1.165) is 23.7 Å². The molecular weight excluding hydrogens is 260 g/mol. The molecule has 0 radical (unpaired) electrons. The molecule has 1 aliphatic carbocycles. The minimum atomic E-state index is -0.489. The second-order valence-electron chi connectivity index (χ2n) is 6.51. The number of piperidine rings is 1. The third-order valence-corrected chi connectivity index (χ3v) is 5.16. The Morgan fingerprint density at radius 3 is 2.76 bits per heavy atom. The summed E-state index contributed by atoms with van der Waals surface area (Å²) in [6.45, 7) is 2.86. The average Bonchev–Trinajstić information content (AvgIpc) is 2.53. The summed E-state index contributed by atoms with van der Waals surface area (Å²) in [6.07, 6.45) is 7.32. The number of aliphatic hydroxyl groups is 1. The van der Waals surface area contributed by atoms with E-state index in [0.29, 0.717) is 11.6 Å². The number of nitriles is 1. The molecular formula is C18H24N2O. The monoisotopic (exact) mass is 284 g/mol. The van der Waals surface area contributed by atoms with Crippen LogP contribution in [0.5, 0.6) is 0 Å². The lowest BCUT2D eigenvalue weighted by Crippen LogP contribution is -2.47. The van der Waals surface area contributed by atoms with Gasteiger partial charge in [0.1, 0.15) is 0 Å². The van der Waals surface area contributed by atoms with Crippen LogP contribution in [0.25, 0.3) is 0 Å². The first kappa shape index (κ1) is 14.4. The summed E-state index contributed by atoms with van der Waals surface area (Å²) in [4.78, 5) is 2.48. The van der Waals surface area contributed by atoms with E-state index >= 15 is 0 Å². The van der Waals surface area contributed by atoms with Crippen LogP contribution in [0.1, 0.15) is 62.7 Å². The predicted molar refractivity (Wildman–Crippen MR) is 84.1 cm³/mol. The summed E-state index contributed by atoms with van der Waals surface area (Å²) in [5.74, 6) is 0.792. The Labute approximate surface area is 127 Å². The summed E-state index contributed by atoms with van der Waals surface area (Å²) in [6, 6.07) is 8.54. The highest BCUT2D eigenvalue weighted by atomic mass is 16.3. The van der Waals surface area contributed by atoms with Crippen molar-refractivity contribution in [3.05, 3.63) is 29.3 Å². The molecule has 3 heteroatoms. The van der Waals surface area contributed by atoms with Gasteiger partial charge in [0.15, 0.2) is 0 Å². The first-order chi connectivity index (χ1) is 10.2. The van der Waals surface area contributed by atoms with Crippen LogP contribution in [0.2, 0.25) is 0 Å². The minimum Gasteiger partial charge on any atom is -0.389 e. The SMILES string of the molecule is C[C@@H](O)c1ccc(C#N)cc1N1CCCC2CCCCC21. The van der Waals surface area contributed by atoms with Crippen LogP contribution in [0.4, 0.5) is 5.69 Å². The summed E-state index contributed by atoms with van der Waals surface area (Å²) < 4.78 is 0. The maximum absolute atomic E-state index is 10.1. The van der Waals surface area contributed by atoms with Crippen molar-refractivity contribution in [2.24, 2.45) is 5.92 Å². The van der Waals surface area contributed by atoms with Crippen LogP contribution >= 0.6 is 0 Å². The van der Waals surface area contributed by atoms with Gasteiger partial charge in [-0.05, 0) is 50.7 Å². The Hall–Kier alpha value is -1.53. The first-order valence-electron chi connectivity index (χ1n) is 8.19. The van der Waals surface area contributed by atoms with Crippen LogP contribution in [0.15, 0.2) is 18.2 Å². The van der Waals surface area contributed by atoms with Crippen molar-refractivity contribution in [3.8, 4) is 6.07 Å². The van der Waals surface area contributed by atoms with Gasteiger partial charge < -0.3 is 10.0 Å². The molecule has 1 saturated heterocycles. The van der Waals surface area contributed by atoms with Crippen molar-refractivity contribution in [1.29, 1.82) is 5.26 Å². The molecule has 0 amide bonds. The molecule has 1 aliphatic heterocycles. The van der Waals surface area contributed by atoms with E-state index in [1.165, 1.54) is 38.5 Å². The molecule has 0 bridgehead atoms. The van der Waals surface area contributed by atoms with E-state index in [1.807, 2.05) is 25.1 Å². The van der Waals surface area contributed by atoms with Crippen molar-refractivity contribution in [3.63, 3.8) is 0 Å². The zero-order valence-corrected chi connectivity index (χ0v) is 12.8. The van der Waals surface area contributed by atoms with Crippen LogP contribution in [0, 0.1) is 17.2 Å². The third-order valence-electron chi connectivity index (χ3n) is 5.16. The van der Waals surface area contributed by atoms with Gasteiger partial charge in [-0.25, -0.2) is 0 Å². The molecule has 21 heavy (non-hydrogen) atoms. The first-order valence-corrected chi connectivity index (χ1v) is 8.19. The highest BCUT2D eigenvalue weighted by Crippen LogP contribution is 2.40. The molecule has 3 nitrogen and oxygen atoms in total. The largest absolute Gasteiger partial charge is 0.389 e. The molecule has 3 rings (SSSR count). The Bertz CT molecular complexity index is 545. The van der Waals surface area contributed by atoms with Crippen LogP contribution in [0.3, 0.4) is 0 Å². The maximum atomic E-state index is 10.1. The fraction of sp³-hybridized carbons (Fsp3) is 0.611. The van der Waals surface area contributed by atoms with Gasteiger partial charge in [0, 0.05) is 23.8 Å². The Morgan fingerprint density at radius 1 is 1.24 bits per heavy atom. The molecule has 0 aromatic heterocycles. The molecule has 1 N–H and O–H groups in total. The van der Waals surface area contributed by atoms with E-state index in [2.05, 4.69) is 11.0 Å². The molecule has 112 valence electrons. The summed E-state index contributed by atoms with van der Waals surface area (Å²) in [5.41, 5.74) is 2.73. The molecule has 1 aromatic carbocycles. The number of rotatable bonds is 2. The summed E-state index contributed by atoms with van der Waals surface area (Å²) >= 11 is 0. The van der Waals surface area contributed by atoms with E-state index in [9.17, 15) is 10.4 Å². The topological polar surface area (TPSA) is 47.3 Å². The number of hydrogen-bond acceptors (Lipinski definition) is 3. The van der Waals surface area contributed by atoms with Crippen LogP contribution in [-0.2, 0) is 0 Å². The quantitative estimate of drug-likeness (QED) is 0.899. The van der Waals surface area contributed by atoms with Crippen LogP contribution in [-0.4, -0.2) is 17.7 Å². The Morgan fingerprint density at radius 2 is 2.00 bits per heavy atom. The van der Waals surface area contributed by atoms with Gasteiger partial charge in [0.05, 0.1) is 17.7 Å². The molecule has 1 heterocycles. The number of aliphatic hydroxyl groups excluding tert-OH is 1. The molecule has 0 spiro atoms. The fourth-order valence-corrected chi connectivity index (χ4v) is 4.14. The number of anilines is 1. The minimum absolute atomic E-state index is 0.489. The predicted octanol–water partition coefficient (Wildman–Crippen LogP) is 3.77.